The van der Waals surface area contributed by atoms with E-state index in [0.717, 1.165) is 6.07 Å². The van der Waals surface area contributed by atoms with Crippen molar-refractivity contribution in [2.24, 2.45) is 5.92 Å². The molecule has 0 saturated carbocycles. The Morgan fingerprint density at radius 2 is 1.65 bits per heavy atom. The summed E-state index contributed by atoms with van der Waals surface area (Å²) >= 11 is 0. The van der Waals surface area contributed by atoms with Crippen LogP contribution < -0.4 is 20.7 Å². The molecule has 5 rings (SSSR count). The van der Waals surface area contributed by atoms with Gasteiger partial charge in [0.25, 0.3) is 0 Å². The first-order valence-corrected chi connectivity index (χ1v) is 13.8. The van der Waals surface area contributed by atoms with Crippen molar-refractivity contribution in [1.82, 2.24) is 15.2 Å². The van der Waals surface area contributed by atoms with Gasteiger partial charge in [0.1, 0.15) is 17.2 Å². The summed E-state index contributed by atoms with van der Waals surface area (Å²) in [5.74, 6) is -1.49. The summed E-state index contributed by atoms with van der Waals surface area (Å²) in [6.07, 6.45) is 1.98. The molecule has 12 heteroatoms. The molecule has 1 saturated heterocycles. The Morgan fingerprint density at radius 3 is 2.21 bits per heavy atom. The lowest BCUT2D eigenvalue weighted by Gasteiger charge is -2.32. The number of imide groups is 1. The number of piperidine rings is 1. The van der Waals surface area contributed by atoms with Crippen LogP contribution in [0.1, 0.15) is 40.5 Å². The number of hydrogen-bond donors (Lipinski definition) is 3. The summed E-state index contributed by atoms with van der Waals surface area (Å²) in [5, 5.41) is 7.09. The average Bonchev–Trinajstić information content (AvgIpc) is 3.53. The Bertz CT molecular complexity index is 1500. The third-order valence-corrected chi connectivity index (χ3v) is 6.32. The number of nitrogens with one attached hydrogen (secondary N) is 3. The van der Waals surface area contributed by atoms with Crippen LogP contribution in [0.15, 0.2) is 60.8 Å². The number of nitrogens with zero attached hydrogens (tertiary/aromatic N) is 2. The van der Waals surface area contributed by atoms with Gasteiger partial charge >= 0.3 is 12.1 Å². The second-order valence-corrected chi connectivity index (χ2v) is 11.1. The molecule has 226 valence electrons. The lowest BCUT2D eigenvalue weighted by molar-refractivity contribution is -0.121. The number of aromatic nitrogens is 1. The van der Waals surface area contributed by atoms with Gasteiger partial charge < -0.3 is 25.0 Å². The van der Waals surface area contributed by atoms with Crippen LogP contribution in [0.5, 0.6) is 11.5 Å². The lowest BCUT2D eigenvalue weighted by atomic mass is 9.96. The van der Waals surface area contributed by atoms with E-state index < -0.39 is 29.4 Å². The Labute approximate surface area is 248 Å². The molecule has 11 nitrogen and oxygen atoms in total. The summed E-state index contributed by atoms with van der Waals surface area (Å²) in [6.45, 7) is 7.39. The molecule has 1 aromatic carbocycles. The molecule has 1 fully saturated rings. The third-order valence-electron chi connectivity index (χ3n) is 6.32. The monoisotopic (exact) mass is 591 g/mol. The molecule has 2 aliphatic carbocycles. The molecule has 0 spiro atoms. The fourth-order valence-corrected chi connectivity index (χ4v) is 4.21. The van der Waals surface area contributed by atoms with Crippen LogP contribution >= 0.6 is 0 Å². The topological polar surface area (TPSA) is 139 Å². The quantitative estimate of drug-likeness (QED) is 0.261. The SMILES string of the molecule is CC(=O)NC(=O)Nc1ccc(Oc2ccnc(NC(=O)C3CCN(C(=O)OC(C)(C)C)CC3)c2)c(F)c1.c1cc2cc-2c1. The first kappa shape index (κ1) is 30.9. The van der Waals surface area contributed by atoms with E-state index in [9.17, 15) is 23.6 Å². The van der Waals surface area contributed by atoms with Gasteiger partial charge in [-0.25, -0.2) is 19.0 Å². The third kappa shape index (κ3) is 9.52. The summed E-state index contributed by atoms with van der Waals surface area (Å²) in [6, 6.07) is 14.4. The predicted molar refractivity (Wildman–Crippen MR) is 158 cm³/mol. The molecule has 43 heavy (non-hydrogen) atoms. The number of pyridine rings is 1. The number of urea groups is 1. The van der Waals surface area contributed by atoms with Crippen molar-refractivity contribution in [1.29, 1.82) is 0 Å². The van der Waals surface area contributed by atoms with Crippen molar-refractivity contribution >= 4 is 35.4 Å². The number of rotatable bonds is 5. The number of hydrogen-bond acceptors (Lipinski definition) is 7. The van der Waals surface area contributed by atoms with Gasteiger partial charge in [0, 0.05) is 49.9 Å². The van der Waals surface area contributed by atoms with Gasteiger partial charge in [0.05, 0.1) is 0 Å². The number of fused-ring (bicyclic) bond motifs is 1. The van der Waals surface area contributed by atoms with Gasteiger partial charge in [-0.3, -0.25) is 14.9 Å². The largest absolute Gasteiger partial charge is 0.454 e. The molecule has 5 amide bonds. The van der Waals surface area contributed by atoms with E-state index in [-0.39, 0.29) is 34.8 Å². The Kier molecular flexibility index (Phi) is 9.59. The van der Waals surface area contributed by atoms with Crippen molar-refractivity contribution in [2.75, 3.05) is 23.7 Å². The number of carbonyl (C=O) groups is 4. The zero-order valence-corrected chi connectivity index (χ0v) is 24.4. The molecular formula is C31H34FN5O6. The highest BCUT2D eigenvalue weighted by atomic mass is 19.1. The van der Waals surface area contributed by atoms with Gasteiger partial charge in [-0.15, -0.1) is 0 Å². The lowest BCUT2D eigenvalue weighted by Crippen LogP contribution is -2.43. The summed E-state index contributed by atoms with van der Waals surface area (Å²) < 4.78 is 25.4. The van der Waals surface area contributed by atoms with Gasteiger partial charge in [-0.2, -0.15) is 0 Å². The van der Waals surface area contributed by atoms with Gasteiger partial charge in [0.15, 0.2) is 11.6 Å². The second kappa shape index (κ2) is 13.3. The Hall–Kier alpha value is -5.00. The average molecular weight is 592 g/mol. The van der Waals surface area contributed by atoms with Crippen LogP contribution in [-0.4, -0.2) is 52.5 Å². The summed E-state index contributed by atoms with van der Waals surface area (Å²) in [4.78, 5) is 53.2. The van der Waals surface area contributed by atoms with Crippen molar-refractivity contribution in [3.63, 3.8) is 0 Å². The minimum Gasteiger partial charge on any atom is -0.454 e. The van der Waals surface area contributed by atoms with Crippen LogP contribution in [0.2, 0.25) is 0 Å². The molecule has 3 N–H and O–H groups in total. The van der Waals surface area contributed by atoms with E-state index >= 15 is 0 Å². The second-order valence-electron chi connectivity index (χ2n) is 11.1. The van der Waals surface area contributed by atoms with Crippen LogP contribution in [0.4, 0.5) is 25.5 Å². The first-order valence-electron chi connectivity index (χ1n) is 13.8. The van der Waals surface area contributed by atoms with Crippen LogP contribution in [-0.2, 0) is 14.3 Å². The highest BCUT2D eigenvalue weighted by Crippen LogP contribution is 2.32. The Morgan fingerprint density at radius 1 is 0.953 bits per heavy atom. The van der Waals surface area contributed by atoms with E-state index in [1.165, 1.54) is 48.5 Å². The standard InChI is InChI=1S/C25H30FN5O6.C6H4/c1-15(32)28-23(34)29-17-5-6-20(19(26)13-17)36-18-7-10-27-21(14-18)30-22(33)16-8-11-31(12-9-16)24(35)37-25(2,3)4;1-2-5-4-6(5)3-1/h5-7,10,13-14,16H,8-9,11-12H2,1-4H3,(H,27,30,33)(H2,28,29,32,34);1-4H. The molecule has 0 unspecified atom stereocenters. The van der Waals surface area contributed by atoms with E-state index in [0.29, 0.717) is 25.9 Å². The Balaban J connectivity index is 0.000000615. The van der Waals surface area contributed by atoms with Crippen LogP contribution in [0.3, 0.4) is 0 Å². The first-order chi connectivity index (χ1) is 20.4. The van der Waals surface area contributed by atoms with Crippen molar-refractivity contribution in [2.45, 2.75) is 46.1 Å². The number of amides is 5. The number of benzene rings is 2. The number of anilines is 2. The summed E-state index contributed by atoms with van der Waals surface area (Å²) in [5.41, 5.74) is 2.40. The molecule has 2 heterocycles. The van der Waals surface area contributed by atoms with Crippen molar-refractivity contribution in [3.8, 4) is 22.6 Å². The highest BCUT2D eigenvalue weighted by Gasteiger charge is 2.30. The van der Waals surface area contributed by atoms with E-state index in [1.54, 1.807) is 25.7 Å². The fraction of sp³-hybridized carbons (Fsp3) is 0.323. The molecular weight excluding hydrogens is 557 g/mol. The maximum Gasteiger partial charge on any atom is 0.410 e. The molecule has 0 radical (unpaired) electrons. The van der Waals surface area contributed by atoms with E-state index in [1.807, 2.05) is 5.32 Å². The number of likely N-dealkylation sites (tertiary alicyclic amines) is 1. The van der Waals surface area contributed by atoms with Crippen LogP contribution in [0.25, 0.3) is 11.1 Å². The maximum atomic E-state index is 14.5. The number of halogens is 1. The molecule has 3 aliphatic rings. The van der Waals surface area contributed by atoms with Crippen molar-refractivity contribution in [3.05, 3.63) is 66.6 Å². The minimum atomic E-state index is -0.786. The molecule has 2 aromatic rings. The van der Waals surface area contributed by atoms with E-state index in [2.05, 4.69) is 39.9 Å². The maximum absolute atomic E-state index is 14.5. The smallest absolute Gasteiger partial charge is 0.410 e. The normalized spacial score (nSPS) is 13.6. The predicted octanol–water partition coefficient (Wildman–Crippen LogP) is 5.93. The molecule has 0 bridgehead atoms. The zero-order chi connectivity index (χ0) is 31.1. The highest BCUT2D eigenvalue weighted by molar-refractivity contribution is 6.00. The molecule has 0 atom stereocenters. The minimum absolute atomic E-state index is 0.115. The van der Waals surface area contributed by atoms with Gasteiger partial charge in [-0.05, 0) is 69.0 Å². The fourth-order valence-electron chi connectivity index (χ4n) is 4.21. The number of carbonyl (C=O) groups excluding carboxylic acids is 4. The van der Waals surface area contributed by atoms with Crippen molar-refractivity contribution < 1.29 is 33.0 Å². The zero-order valence-electron chi connectivity index (χ0n) is 24.4. The van der Waals surface area contributed by atoms with Gasteiger partial charge in [0.2, 0.25) is 11.8 Å². The molecule has 1 aromatic heterocycles. The van der Waals surface area contributed by atoms with E-state index in [4.69, 9.17) is 9.47 Å². The summed E-state index contributed by atoms with van der Waals surface area (Å²) in [7, 11) is 0. The number of ether oxygens (including phenoxy) is 2. The molecule has 1 aliphatic heterocycles. The van der Waals surface area contributed by atoms with Gasteiger partial charge in [-0.1, -0.05) is 18.2 Å². The van der Waals surface area contributed by atoms with Crippen LogP contribution in [0, 0.1) is 11.7 Å².